The lowest BCUT2D eigenvalue weighted by Gasteiger charge is -2.30. The van der Waals surface area contributed by atoms with E-state index in [2.05, 4.69) is 15.4 Å². The number of hydrogen-bond acceptors (Lipinski definition) is 7. The average Bonchev–Trinajstić information content (AvgIpc) is 3.39. The van der Waals surface area contributed by atoms with Crippen molar-refractivity contribution in [3.63, 3.8) is 0 Å². The largest absolute Gasteiger partial charge is 0.444 e. The van der Waals surface area contributed by atoms with Gasteiger partial charge in [0.15, 0.2) is 0 Å². The van der Waals surface area contributed by atoms with E-state index in [-0.39, 0.29) is 12.1 Å². The lowest BCUT2D eigenvalue weighted by molar-refractivity contribution is -0.141. The summed E-state index contributed by atoms with van der Waals surface area (Å²) in [5, 5.41) is 5.84. The molecule has 44 heavy (non-hydrogen) atoms. The number of hydrogen-bond donors (Lipinski definition) is 3. The maximum Gasteiger partial charge on any atom is 0.408 e. The maximum atomic E-state index is 13.7. The molecule has 2 fully saturated rings. The predicted molar refractivity (Wildman–Crippen MR) is 166 cm³/mol. The van der Waals surface area contributed by atoms with Crippen LogP contribution in [0.5, 0.6) is 0 Å². The Morgan fingerprint density at radius 3 is 2.59 bits per heavy atom. The van der Waals surface area contributed by atoms with Crippen LogP contribution in [-0.2, 0) is 29.3 Å². The zero-order valence-electron chi connectivity index (χ0n) is 25.6. The molecule has 0 spiro atoms. The molecule has 0 bridgehead atoms. The number of rotatable bonds is 5. The van der Waals surface area contributed by atoms with Gasteiger partial charge in [-0.25, -0.2) is 9.52 Å². The molecule has 2 heterocycles. The summed E-state index contributed by atoms with van der Waals surface area (Å²) in [5.74, 6) is -2.22. The molecule has 3 aliphatic rings. The molecule has 4 amide bonds. The molecule has 2 aliphatic heterocycles. The number of alkyl carbamates (subject to hydrolysis) is 1. The molecule has 1 aliphatic carbocycles. The van der Waals surface area contributed by atoms with Crippen LogP contribution < -0.4 is 19.7 Å². The highest BCUT2D eigenvalue weighted by Crippen LogP contribution is 2.45. The van der Waals surface area contributed by atoms with Gasteiger partial charge in [0, 0.05) is 24.5 Å². The van der Waals surface area contributed by atoms with Crippen LogP contribution in [0.1, 0.15) is 72.1 Å². The molecule has 1 aromatic rings. The molecule has 0 radical (unpaired) electrons. The molecular weight excluding hydrogens is 610 g/mol. The third-order valence-corrected chi connectivity index (χ3v) is 9.69. The fourth-order valence-electron chi connectivity index (χ4n) is 5.63. The number of fused-ring (bicyclic) bond motifs is 2. The molecule has 12 nitrogen and oxygen atoms in total. The van der Waals surface area contributed by atoms with Crippen molar-refractivity contribution < 1.29 is 32.3 Å². The first-order valence-corrected chi connectivity index (χ1v) is 16.8. The van der Waals surface area contributed by atoms with Crippen molar-refractivity contribution in [2.24, 2.45) is 5.92 Å². The number of halogens is 1. The van der Waals surface area contributed by atoms with Gasteiger partial charge >= 0.3 is 16.3 Å². The first kappa shape index (κ1) is 33.6. The molecule has 4 rings (SSSR count). The number of anilines is 1. The van der Waals surface area contributed by atoms with Gasteiger partial charge in [-0.3, -0.25) is 18.7 Å². The third kappa shape index (κ3) is 8.03. The van der Waals surface area contributed by atoms with Crippen LogP contribution in [0.2, 0.25) is 5.02 Å². The summed E-state index contributed by atoms with van der Waals surface area (Å²) in [6.45, 7) is 5.51. The minimum Gasteiger partial charge on any atom is -0.444 e. The second-order valence-electron chi connectivity index (χ2n) is 12.6. The summed E-state index contributed by atoms with van der Waals surface area (Å²) >= 11 is 6.03. The summed E-state index contributed by atoms with van der Waals surface area (Å²) in [6.07, 6.45) is 7.58. The highest BCUT2D eigenvalue weighted by Gasteiger charge is 2.61. The van der Waals surface area contributed by atoms with Crippen molar-refractivity contribution in [2.75, 3.05) is 17.9 Å². The number of benzene rings is 1. The van der Waals surface area contributed by atoms with Crippen LogP contribution in [0.15, 0.2) is 36.4 Å². The van der Waals surface area contributed by atoms with E-state index in [1.54, 1.807) is 39.0 Å². The quantitative estimate of drug-likeness (QED) is 0.412. The normalized spacial score (nSPS) is 26.3. The van der Waals surface area contributed by atoms with Crippen molar-refractivity contribution in [1.82, 2.24) is 20.3 Å². The SMILES string of the molecule is CN(c1cccc(Cl)c1)S(=O)(=O)NC(=O)[C@@]12C[C@H]1C=CCCCCC[C@H](NC(=O)OC(C)(C)C)C(=O)N1CCC[C@H]1C(=O)N2. The first-order chi connectivity index (χ1) is 20.6. The summed E-state index contributed by atoms with van der Waals surface area (Å²) in [7, 11) is -3.05. The highest BCUT2D eigenvalue weighted by atomic mass is 35.5. The van der Waals surface area contributed by atoms with E-state index in [1.165, 1.54) is 18.0 Å². The van der Waals surface area contributed by atoms with E-state index in [4.69, 9.17) is 16.3 Å². The molecule has 14 heteroatoms. The Morgan fingerprint density at radius 1 is 1.14 bits per heavy atom. The monoisotopic (exact) mass is 651 g/mol. The lowest BCUT2D eigenvalue weighted by atomic mass is 10.0. The Hall–Kier alpha value is -3.32. The number of amides is 4. The van der Waals surface area contributed by atoms with Gasteiger partial charge in [0.25, 0.3) is 5.91 Å². The number of carbonyl (C=O) groups excluding carboxylic acids is 4. The Morgan fingerprint density at radius 2 is 1.89 bits per heavy atom. The number of allylic oxidation sites excluding steroid dienone is 1. The number of nitrogens with zero attached hydrogens (tertiary/aromatic N) is 2. The standard InChI is InChI=1S/C30H42ClN5O7S/c1-29(2,3)43-28(40)32-23-15-9-7-5-6-8-12-20-19-30(20,33-25(37)24-16-11-17-36(24)26(23)38)27(39)34-44(41,42)35(4)22-14-10-13-21(31)18-22/h8,10,12-14,18,20,23-24H,5-7,9,11,15-17,19H2,1-4H3,(H,32,40)(H,33,37)(H,34,39)/t20-,23+,24+,30-/m1/s1. The Bertz CT molecular complexity index is 1410. The highest BCUT2D eigenvalue weighted by molar-refractivity contribution is 7.91. The number of carbonyl (C=O) groups is 4. The number of nitrogens with one attached hydrogen (secondary N) is 3. The van der Waals surface area contributed by atoms with Gasteiger partial charge in [-0.05, 0) is 77.5 Å². The van der Waals surface area contributed by atoms with Crippen molar-refractivity contribution >= 4 is 51.3 Å². The smallest absolute Gasteiger partial charge is 0.408 e. The third-order valence-electron chi connectivity index (χ3n) is 8.08. The molecule has 4 atom stereocenters. The summed E-state index contributed by atoms with van der Waals surface area (Å²) in [5.41, 5.74) is -1.99. The molecule has 1 aromatic carbocycles. The van der Waals surface area contributed by atoms with Crippen molar-refractivity contribution in [3.05, 3.63) is 41.4 Å². The molecule has 3 N–H and O–H groups in total. The van der Waals surface area contributed by atoms with Gasteiger partial charge in [0.2, 0.25) is 11.8 Å². The van der Waals surface area contributed by atoms with E-state index < -0.39 is 63.2 Å². The fraction of sp³-hybridized carbons (Fsp3) is 0.600. The van der Waals surface area contributed by atoms with Crippen molar-refractivity contribution in [3.8, 4) is 0 Å². The molecular formula is C30H42ClN5O7S. The summed E-state index contributed by atoms with van der Waals surface area (Å²) in [6, 6.07) is 4.43. The Kier molecular flexibility index (Phi) is 10.2. The maximum absolute atomic E-state index is 13.7. The zero-order valence-corrected chi connectivity index (χ0v) is 27.2. The van der Waals surface area contributed by atoms with Gasteiger partial charge in [-0.1, -0.05) is 42.7 Å². The van der Waals surface area contributed by atoms with E-state index in [1.807, 2.05) is 12.2 Å². The zero-order chi connectivity index (χ0) is 32.3. The van der Waals surface area contributed by atoms with Crippen LogP contribution >= 0.6 is 11.6 Å². The minimum atomic E-state index is -4.35. The van der Waals surface area contributed by atoms with Gasteiger partial charge in [0.05, 0.1) is 5.69 Å². The van der Waals surface area contributed by atoms with E-state index in [0.29, 0.717) is 43.7 Å². The van der Waals surface area contributed by atoms with Crippen LogP contribution in [0.4, 0.5) is 10.5 Å². The van der Waals surface area contributed by atoms with E-state index in [9.17, 15) is 27.6 Å². The predicted octanol–water partition coefficient (Wildman–Crippen LogP) is 3.42. The molecule has 242 valence electrons. The molecule has 1 saturated carbocycles. The van der Waals surface area contributed by atoms with Gasteiger partial charge in [0.1, 0.15) is 23.2 Å². The Balaban J connectivity index is 1.55. The van der Waals surface area contributed by atoms with E-state index >= 15 is 0 Å². The van der Waals surface area contributed by atoms with E-state index in [0.717, 1.165) is 17.1 Å². The minimum absolute atomic E-state index is 0.209. The van der Waals surface area contributed by atoms with Crippen LogP contribution in [0, 0.1) is 5.92 Å². The lowest BCUT2D eigenvalue weighted by Crippen LogP contribution is -2.59. The first-order valence-electron chi connectivity index (χ1n) is 15.0. The fourth-order valence-corrected chi connectivity index (χ4v) is 6.76. The molecule has 1 saturated heterocycles. The second-order valence-corrected chi connectivity index (χ2v) is 14.7. The summed E-state index contributed by atoms with van der Waals surface area (Å²) < 4.78 is 34.8. The number of ether oxygens (including phenoxy) is 1. The summed E-state index contributed by atoms with van der Waals surface area (Å²) in [4.78, 5) is 55.1. The Labute approximate surface area is 264 Å². The second kappa shape index (κ2) is 13.4. The van der Waals surface area contributed by atoms with Crippen LogP contribution in [0.25, 0.3) is 0 Å². The van der Waals surface area contributed by atoms with Gasteiger partial charge < -0.3 is 20.3 Å². The van der Waals surface area contributed by atoms with Gasteiger partial charge in [-0.2, -0.15) is 8.42 Å². The topological polar surface area (TPSA) is 154 Å². The molecule has 0 aromatic heterocycles. The van der Waals surface area contributed by atoms with Crippen LogP contribution in [0.3, 0.4) is 0 Å². The van der Waals surface area contributed by atoms with Gasteiger partial charge in [-0.15, -0.1) is 0 Å². The molecule has 0 unspecified atom stereocenters. The average molecular weight is 652 g/mol. The van der Waals surface area contributed by atoms with Crippen molar-refractivity contribution in [2.45, 2.75) is 95.4 Å². The van der Waals surface area contributed by atoms with Crippen LogP contribution in [-0.4, -0.2) is 73.9 Å². The van der Waals surface area contributed by atoms with Crippen molar-refractivity contribution in [1.29, 1.82) is 0 Å².